The average molecular weight is 176 g/mol. The molecule has 1 aliphatic rings. The van der Waals surface area contributed by atoms with Crippen molar-refractivity contribution in [3.05, 3.63) is 0 Å². The molecule has 0 aromatic carbocycles. The van der Waals surface area contributed by atoms with Crippen LogP contribution in [-0.2, 0) is 0 Å². The van der Waals surface area contributed by atoms with Gasteiger partial charge in [-0.2, -0.15) is 0 Å². The van der Waals surface area contributed by atoms with Gasteiger partial charge in [0.15, 0.2) is 0 Å². The van der Waals surface area contributed by atoms with Gasteiger partial charge in [-0.1, -0.05) is 20.3 Å². The van der Waals surface area contributed by atoms with Crippen LogP contribution in [0.1, 0.15) is 26.7 Å². The zero-order chi connectivity index (χ0) is 7.40. The molecule has 0 bridgehead atoms. The lowest BCUT2D eigenvalue weighted by Crippen LogP contribution is -2.14. The van der Waals surface area contributed by atoms with Gasteiger partial charge in [-0.25, -0.2) is 0 Å². The van der Waals surface area contributed by atoms with E-state index >= 15 is 0 Å². The highest BCUT2D eigenvalue weighted by molar-refractivity contribution is 8.17. The highest BCUT2D eigenvalue weighted by Gasteiger charge is 2.19. The van der Waals surface area contributed by atoms with Gasteiger partial charge in [-0.15, -0.1) is 23.5 Å². The van der Waals surface area contributed by atoms with Gasteiger partial charge >= 0.3 is 0 Å². The minimum atomic E-state index is 0.902. The van der Waals surface area contributed by atoms with Crippen LogP contribution >= 0.6 is 23.5 Å². The molecule has 10 heavy (non-hydrogen) atoms. The van der Waals surface area contributed by atoms with Crippen LogP contribution in [-0.4, -0.2) is 16.1 Å². The first-order valence-corrected chi connectivity index (χ1v) is 6.17. The van der Waals surface area contributed by atoms with Crippen molar-refractivity contribution in [2.45, 2.75) is 31.3 Å². The first kappa shape index (κ1) is 8.79. The third-order valence-corrected chi connectivity index (χ3v) is 5.41. The predicted octanol–water partition coefficient (Wildman–Crippen LogP) is 3.23. The summed E-state index contributed by atoms with van der Waals surface area (Å²) in [6.45, 7) is 4.66. The van der Waals surface area contributed by atoms with Crippen LogP contribution < -0.4 is 0 Å². The Labute approximate surface area is 72.5 Å². The summed E-state index contributed by atoms with van der Waals surface area (Å²) >= 11 is 4.32. The maximum absolute atomic E-state index is 2.37. The smallest absolute Gasteiger partial charge is 0.0527 e. The predicted molar refractivity (Wildman–Crippen MR) is 52.8 cm³/mol. The summed E-state index contributed by atoms with van der Waals surface area (Å²) in [6.07, 6.45) is 2.76. The standard InChI is InChI=1S/C8H16S2/c1-3-7(2)8-9-5-4-6-10-8/h7-8H,3-6H2,1-2H3/t7-/m1/s1. The van der Waals surface area contributed by atoms with Gasteiger partial charge in [0.1, 0.15) is 0 Å². The molecule has 0 radical (unpaired) electrons. The maximum atomic E-state index is 2.37. The van der Waals surface area contributed by atoms with E-state index in [-0.39, 0.29) is 0 Å². The van der Waals surface area contributed by atoms with Crippen molar-refractivity contribution in [3.8, 4) is 0 Å². The maximum Gasteiger partial charge on any atom is 0.0527 e. The van der Waals surface area contributed by atoms with Crippen LogP contribution in [0.2, 0.25) is 0 Å². The van der Waals surface area contributed by atoms with Crippen molar-refractivity contribution in [2.75, 3.05) is 11.5 Å². The molecule has 60 valence electrons. The number of hydrogen-bond donors (Lipinski definition) is 0. The van der Waals surface area contributed by atoms with Crippen LogP contribution in [0.3, 0.4) is 0 Å². The van der Waals surface area contributed by atoms with Gasteiger partial charge in [0.05, 0.1) is 4.58 Å². The molecule has 1 atom stereocenters. The fraction of sp³-hybridized carbons (Fsp3) is 1.00. The zero-order valence-corrected chi connectivity index (χ0v) is 8.43. The summed E-state index contributed by atoms with van der Waals surface area (Å²) in [6, 6.07) is 0. The summed E-state index contributed by atoms with van der Waals surface area (Å²) < 4.78 is 0.902. The van der Waals surface area contributed by atoms with Crippen LogP contribution in [0.15, 0.2) is 0 Å². The molecular formula is C8H16S2. The highest BCUT2D eigenvalue weighted by Crippen LogP contribution is 2.36. The Morgan fingerprint density at radius 1 is 1.40 bits per heavy atom. The zero-order valence-electron chi connectivity index (χ0n) is 6.80. The van der Waals surface area contributed by atoms with Gasteiger partial charge in [0.2, 0.25) is 0 Å². The Hall–Kier alpha value is 0.700. The first-order valence-electron chi connectivity index (χ1n) is 4.07. The summed E-state index contributed by atoms with van der Waals surface area (Å²) in [5.41, 5.74) is 0. The van der Waals surface area contributed by atoms with Crippen LogP contribution in [0.4, 0.5) is 0 Å². The molecule has 2 heteroatoms. The van der Waals surface area contributed by atoms with E-state index in [4.69, 9.17) is 0 Å². The van der Waals surface area contributed by atoms with E-state index < -0.39 is 0 Å². The minimum Gasteiger partial charge on any atom is -0.147 e. The van der Waals surface area contributed by atoms with Gasteiger partial charge < -0.3 is 0 Å². The van der Waals surface area contributed by atoms with Gasteiger partial charge in [-0.05, 0) is 23.8 Å². The Balaban J connectivity index is 2.24. The molecule has 0 spiro atoms. The summed E-state index contributed by atoms with van der Waals surface area (Å²) in [5.74, 6) is 3.69. The second-order valence-electron chi connectivity index (χ2n) is 2.85. The van der Waals surface area contributed by atoms with Crippen molar-refractivity contribution >= 4 is 23.5 Å². The molecule has 0 nitrogen and oxygen atoms in total. The Bertz CT molecular complexity index is 87.3. The summed E-state index contributed by atoms with van der Waals surface area (Å²) in [5, 5.41) is 0. The second kappa shape index (κ2) is 4.55. The Kier molecular flexibility index (Phi) is 4.00. The van der Waals surface area contributed by atoms with E-state index in [1.54, 1.807) is 0 Å². The number of thioether (sulfide) groups is 2. The monoisotopic (exact) mass is 176 g/mol. The largest absolute Gasteiger partial charge is 0.147 e. The van der Waals surface area contributed by atoms with Crippen molar-refractivity contribution < 1.29 is 0 Å². The van der Waals surface area contributed by atoms with Crippen LogP contribution in [0.5, 0.6) is 0 Å². The third kappa shape index (κ3) is 2.39. The van der Waals surface area contributed by atoms with Gasteiger partial charge in [0.25, 0.3) is 0 Å². The molecule has 1 heterocycles. The molecule has 0 aromatic rings. The number of hydrogen-bond acceptors (Lipinski definition) is 2. The van der Waals surface area contributed by atoms with E-state index in [0.29, 0.717) is 0 Å². The molecule has 0 saturated carbocycles. The summed E-state index contributed by atoms with van der Waals surface area (Å²) in [7, 11) is 0. The average Bonchev–Trinajstić information content (AvgIpc) is 2.05. The SMILES string of the molecule is CC[C@@H](C)C1SCCCS1. The lowest BCUT2D eigenvalue weighted by atomic mass is 10.2. The third-order valence-electron chi connectivity index (χ3n) is 1.96. The minimum absolute atomic E-state index is 0.902. The quantitative estimate of drug-likeness (QED) is 0.633. The second-order valence-corrected chi connectivity index (χ2v) is 5.65. The fourth-order valence-corrected chi connectivity index (χ4v) is 4.30. The van der Waals surface area contributed by atoms with E-state index in [2.05, 4.69) is 37.4 Å². The van der Waals surface area contributed by atoms with E-state index in [9.17, 15) is 0 Å². The molecule has 0 N–H and O–H groups in total. The van der Waals surface area contributed by atoms with E-state index in [0.717, 1.165) is 10.5 Å². The molecule has 0 aliphatic carbocycles. The topological polar surface area (TPSA) is 0 Å². The first-order chi connectivity index (χ1) is 4.84. The molecule has 1 saturated heterocycles. The Morgan fingerprint density at radius 2 is 2.00 bits per heavy atom. The molecular weight excluding hydrogens is 160 g/mol. The lowest BCUT2D eigenvalue weighted by Gasteiger charge is -2.25. The fourth-order valence-electron chi connectivity index (χ4n) is 1.03. The van der Waals surface area contributed by atoms with Crippen molar-refractivity contribution in [3.63, 3.8) is 0 Å². The molecule has 1 fully saturated rings. The van der Waals surface area contributed by atoms with Crippen molar-refractivity contribution in [1.29, 1.82) is 0 Å². The van der Waals surface area contributed by atoms with E-state index in [1.807, 2.05) is 0 Å². The molecule has 0 amide bonds. The van der Waals surface area contributed by atoms with Crippen LogP contribution in [0, 0.1) is 5.92 Å². The molecule has 1 aliphatic heterocycles. The molecule has 0 aromatic heterocycles. The normalized spacial score (nSPS) is 24.6. The Morgan fingerprint density at radius 3 is 2.50 bits per heavy atom. The van der Waals surface area contributed by atoms with Gasteiger partial charge in [0, 0.05) is 0 Å². The van der Waals surface area contributed by atoms with Crippen LogP contribution in [0.25, 0.3) is 0 Å². The highest BCUT2D eigenvalue weighted by atomic mass is 32.2. The number of rotatable bonds is 2. The molecule has 0 unspecified atom stereocenters. The summed E-state index contributed by atoms with van der Waals surface area (Å²) in [4.78, 5) is 0. The lowest BCUT2D eigenvalue weighted by molar-refractivity contribution is 0.613. The molecule has 1 rings (SSSR count). The van der Waals surface area contributed by atoms with E-state index in [1.165, 1.54) is 24.3 Å². The van der Waals surface area contributed by atoms with Gasteiger partial charge in [-0.3, -0.25) is 0 Å². The van der Waals surface area contributed by atoms with Crippen molar-refractivity contribution in [2.24, 2.45) is 5.92 Å². The van der Waals surface area contributed by atoms with Crippen molar-refractivity contribution in [1.82, 2.24) is 0 Å².